The van der Waals surface area contributed by atoms with Gasteiger partial charge in [-0.15, -0.1) is 0 Å². The first-order chi connectivity index (χ1) is 9.43. The van der Waals surface area contributed by atoms with Crippen LogP contribution < -0.4 is 16.2 Å². The highest BCUT2D eigenvalue weighted by Crippen LogP contribution is 2.03. The van der Waals surface area contributed by atoms with Gasteiger partial charge in [0, 0.05) is 32.8 Å². The Labute approximate surface area is 120 Å². The van der Waals surface area contributed by atoms with E-state index in [1.807, 2.05) is 27.7 Å². The molecular weight excluding hydrogens is 256 g/mol. The lowest BCUT2D eigenvalue weighted by Gasteiger charge is -2.26. The maximum Gasteiger partial charge on any atom is 0.269 e. The highest BCUT2D eigenvalue weighted by molar-refractivity contribution is 5.82. The number of aromatic amines is 1. The van der Waals surface area contributed by atoms with Crippen LogP contribution in [0.15, 0.2) is 17.2 Å². The summed E-state index contributed by atoms with van der Waals surface area (Å²) in [5.41, 5.74) is 0.514. The first kappa shape index (κ1) is 16.4. The quantitative estimate of drug-likeness (QED) is 0.751. The molecule has 1 saturated heterocycles. The Hall–Kier alpha value is -1.69. The van der Waals surface area contributed by atoms with Crippen molar-refractivity contribution in [2.75, 3.05) is 13.1 Å². The molecule has 20 heavy (non-hydrogen) atoms. The summed E-state index contributed by atoms with van der Waals surface area (Å²) in [6.07, 6.45) is 3.13. The first-order valence-electron chi connectivity index (χ1n) is 6.98. The molecule has 1 aliphatic rings. The Kier molecular flexibility index (Phi) is 6.38. The molecule has 1 aliphatic heterocycles. The van der Waals surface area contributed by atoms with E-state index >= 15 is 0 Å². The third-order valence-electron chi connectivity index (χ3n) is 3.02. The van der Waals surface area contributed by atoms with E-state index in [1.54, 1.807) is 6.20 Å². The average molecular weight is 282 g/mol. The Balaban J connectivity index is 0.000000364. The second-order valence-electron chi connectivity index (χ2n) is 5.43. The number of nitrogens with one attached hydrogen (secondary N) is 3. The molecule has 3 N–H and O–H groups in total. The molecule has 1 aromatic heterocycles. The Morgan fingerprint density at radius 3 is 2.35 bits per heavy atom. The van der Waals surface area contributed by atoms with Gasteiger partial charge in [0.2, 0.25) is 5.91 Å². The molecule has 0 saturated carbocycles. The van der Waals surface area contributed by atoms with E-state index in [0.29, 0.717) is 11.6 Å². The minimum absolute atomic E-state index is 0. The van der Waals surface area contributed by atoms with Crippen LogP contribution in [0.25, 0.3) is 0 Å². The predicted octanol–water partition coefficient (Wildman–Crippen LogP) is 0.870. The van der Waals surface area contributed by atoms with Gasteiger partial charge in [-0.25, -0.2) is 0 Å². The molecule has 0 bridgehead atoms. The lowest BCUT2D eigenvalue weighted by Crippen LogP contribution is -2.55. The predicted molar refractivity (Wildman–Crippen MR) is 80.7 cm³/mol. The van der Waals surface area contributed by atoms with Crippen LogP contribution in [0.3, 0.4) is 0 Å². The zero-order valence-electron chi connectivity index (χ0n) is 12.6. The molecule has 0 spiro atoms. The van der Waals surface area contributed by atoms with Crippen LogP contribution in [-0.2, 0) is 4.79 Å². The Bertz CT molecular complexity index is 488. The fourth-order valence-electron chi connectivity index (χ4n) is 1.93. The van der Waals surface area contributed by atoms with Crippen LogP contribution in [0.2, 0.25) is 0 Å². The van der Waals surface area contributed by atoms with Crippen LogP contribution in [0.1, 0.15) is 40.7 Å². The summed E-state index contributed by atoms with van der Waals surface area (Å²) in [4.78, 5) is 28.5. The van der Waals surface area contributed by atoms with Gasteiger partial charge in [-0.1, -0.05) is 27.7 Å². The van der Waals surface area contributed by atoms with Gasteiger partial charge in [0.05, 0.1) is 6.04 Å². The van der Waals surface area contributed by atoms with Gasteiger partial charge in [0.15, 0.2) is 0 Å². The van der Waals surface area contributed by atoms with E-state index < -0.39 is 0 Å². The number of nitrogens with zero attached hydrogens (tertiary/aromatic N) is 1. The largest absolute Gasteiger partial charge is 0.353 e. The van der Waals surface area contributed by atoms with E-state index in [4.69, 9.17) is 0 Å². The summed E-state index contributed by atoms with van der Waals surface area (Å²) >= 11 is 0. The smallest absolute Gasteiger partial charge is 0.269 e. The van der Waals surface area contributed by atoms with Crippen molar-refractivity contribution in [3.63, 3.8) is 0 Å². The van der Waals surface area contributed by atoms with Crippen LogP contribution >= 0.6 is 0 Å². The summed E-state index contributed by atoms with van der Waals surface area (Å²) in [6.45, 7) is 9.64. The lowest BCUT2D eigenvalue weighted by atomic mass is 10.0. The minimum Gasteiger partial charge on any atom is -0.353 e. The molecule has 6 heteroatoms. The SMILES string of the molecule is CC(C)C1NCCNC1=O.CC(C)c1ncc[nH]c1=O.[HH]. The van der Waals surface area contributed by atoms with Crippen molar-refractivity contribution in [2.24, 2.45) is 5.92 Å². The number of carbonyl (C=O) groups excluding carboxylic acids is 1. The van der Waals surface area contributed by atoms with Gasteiger partial charge in [0.25, 0.3) is 5.56 Å². The highest BCUT2D eigenvalue weighted by atomic mass is 16.2. The van der Waals surface area contributed by atoms with E-state index in [2.05, 4.69) is 20.6 Å². The van der Waals surface area contributed by atoms with Crippen molar-refractivity contribution in [1.82, 2.24) is 20.6 Å². The zero-order chi connectivity index (χ0) is 15.1. The molecule has 2 heterocycles. The fraction of sp³-hybridized carbons (Fsp3) is 0.643. The van der Waals surface area contributed by atoms with Crippen molar-refractivity contribution < 1.29 is 6.22 Å². The molecule has 1 amide bonds. The normalized spacial score (nSPS) is 18.5. The van der Waals surface area contributed by atoms with Gasteiger partial charge >= 0.3 is 0 Å². The molecule has 2 rings (SSSR count). The molecule has 6 nitrogen and oxygen atoms in total. The standard InChI is InChI=1S/C7H14N2O.C7H10N2O.H2/c2*1-5(2)6-7(10)9-4-3-8-6;/h5-6,8H,3-4H2,1-2H3,(H,9,10);3-5H,1-2H3,(H,9,10);1H. The molecule has 1 fully saturated rings. The number of aromatic nitrogens is 2. The number of carbonyl (C=O) groups is 1. The van der Waals surface area contributed by atoms with Gasteiger partial charge in [-0.3, -0.25) is 14.6 Å². The van der Waals surface area contributed by atoms with E-state index in [9.17, 15) is 9.59 Å². The van der Waals surface area contributed by atoms with Crippen molar-refractivity contribution in [3.05, 3.63) is 28.4 Å². The second-order valence-corrected chi connectivity index (χ2v) is 5.43. The highest BCUT2D eigenvalue weighted by Gasteiger charge is 2.23. The van der Waals surface area contributed by atoms with Crippen LogP contribution in [0, 0.1) is 5.92 Å². The fourth-order valence-corrected chi connectivity index (χ4v) is 1.93. The number of amides is 1. The van der Waals surface area contributed by atoms with Crippen molar-refractivity contribution in [1.29, 1.82) is 0 Å². The van der Waals surface area contributed by atoms with Crippen LogP contribution in [0.5, 0.6) is 0 Å². The third-order valence-corrected chi connectivity index (χ3v) is 3.02. The average Bonchev–Trinajstić information content (AvgIpc) is 2.40. The summed E-state index contributed by atoms with van der Waals surface area (Å²) in [5.74, 6) is 0.728. The monoisotopic (exact) mass is 282 g/mol. The summed E-state index contributed by atoms with van der Waals surface area (Å²) < 4.78 is 0. The Morgan fingerprint density at radius 2 is 1.95 bits per heavy atom. The maximum absolute atomic E-state index is 11.1. The Morgan fingerprint density at radius 1 is 1.25 bits per heavy atom. The third kappa shape index (κ3) is 4.77. The minimum atomic E-state index is -0.0856. The van der Waals surface area contributed by atoms with Gasteiger partial charge in [0.1, 0.15) is 5.69 Å². The van der Waals surface area contributed by atoms with Crippen molar-refractivity contribution in [2.45, 2.75) is 39.7 Å². The van der Waals surface area contributed by atoms with E-state index in [1.165, 1.54) is 6.20 Å². The second kappa shape index (κ2) is 7.79. The molecular formula is C14H26N4O2. The van der Waals surface area contributed by atoms with E-state index in [-0.39, 0.29) is 24.9 Å². The van der Waals surface area contributed by atoms with Gasteiger partial charge in [-0.05, 0) is 5.92 Å². The van der Waals surface area contributed by atoms with Crippen molar-refractivity contribution >= 4 is 5.91 Å². The topological polar surface area (TPSA) is 86.9 Å². The first-order valence-corrected chi connectivity index (χ1v) is 6.98. The summed E-state index contributed by atoms with van der Waals surface area (Å²) in [5, 5.41) is 5.97. The summed E-state index contributed by atoms with van der Waals surface area (Å²) in [6, 6.07) is 0.0220. The lowest BCUT2D eigenvalue weighted by molar-refractivity contribution is -0.125. The molecule has 1 aromatic rings. The molecule has 1 unspecified atom stereocenters. The molecule has 0 aromatic carbocycles. The number of hydrogen-bond acceptors (Lipinski definition) is 4. The van der Waals surface area contributed by atoms with Gasteiger partial charge < -0.3 is 15.6 Å². The summed E-state index contributed by atoms with van der Waals surface area (Å²) in [7, 11) is 0. The van der Waals surface area contributed by atoms with Crippen LogP contribution in [0.4, 0.5) is 0 Å². The molecule has 0 radical (unpaired) electrons. The number of piperazine rings is 1. The number of rotatable bonds is 2. The molecule has 1 atom stereocenters. The van der Waals surface area contributed by atoms with Crippen LogP contribution in [-0.4, -0.2) is 35.0 Å². The number of hydrogen-bond donors (Lipinski definition) is 3. The molecule has 114 valence electrons. The van der Waals surface area contributed by atoms with E-state index in [0.717, 1.165) is 13.1 Å². The maximum atomic E-state index is 11.1. The van der Waals surface area contributed by atoms with Gasteiger partial charge in [-0.2, -0.15) is 0 Å². The zero-order valence-corrected chi connectivity index (χ0v) is 12.6. The van der Waals surface area contributed by atoms with Crippen molar-refractivity contribution in [3.8, 4) is 0 Å². The molecule has 0 aliphatic carbocycles. The number of H-pyrrole nitrogens is 1.